The van der Waals surface area contributed by atoms with Crippen LogP contribution in [0.15, 0.2) is 59.5 Å². The minimum atomic E-state index is -3.46. The highest BCUT2D eigenvalue weighted by atomic mass is 32.2. The molecule has 1 saturated carbocycles. The molecule has 27 heavy (non-hydrogen) atoms. The van der Waals surface area contributed by atoms with Crippen LogP contribution in [0.25, 0.3) is 0 Å². The molecule has 4 rings (SSSR count). The van der Waals surface area contributed by atoms with Gasteiger partial charge in [-0.15, -0.1) is 0 Å². The van der Waals surface area contributed by atoms with Crippen molar-refractivity contribution in [3.63, 3.8) is 0 Å². The molecule has 1 unspecified atom stereocenters. The third-order valence-electron chi connectivity index (χ3n) is 6.19. The van der Waals surface area contributed by atoms with Gasteiger partial charge in [0.1, 0.15) is 5.82 Å². The Bertz CT molecular complexity index is 876. The number of nitrogens with one attached hydrogen (secondary N) is 1. The second-order valence-corrected chi connectivity index (χ2v) is 9.50. The maximum absolute atomic E-state index is 13.1. The number of rotatable bonds is 5. The highest BCUT2D eigenvalue weighted by Gasteiger charge is 2.49. The summed E-state index contributed by atoms with van der Waals surface area (Å²) in [5.41, 5.74) is 1.20. The number of sulfonamides is 1. The quantitative estimate of drug-likeness (QED) is 0.852. The largest absolute Gasteiger partial charge is 0.299 e. The van der Waals surface area contributed by atoms with Gasteiger partial charge in [-0.2, -0.15) is 0 Å². The molecule has 1 spiro atoms. The predicted molar refractivity (Wildman–Crippen MR) is 103 cm³/mol. The summed E-state index contributed by atoms with van der Waals surface area (Å²) in [4.78, 5) is 2.71. The van der Waals surface area contributed by atoms with Crippen LogP contribution in [-0.2, 0) is 16.6 Å². The van der Waals surface area contributed by atoms with Crippen molar-refractivity contribution < 1.29 is 12.8 Å². The van der Waals surface area contributed by atoms with Gasteiger partial charge in [-0.25, -0.2) is 17.5 Å². The highest BCUT2D eigenvalue weighted by molar-refractivity contribution is 7.89. The first-order chi connectivity index (χ1) is 13.0. The van der Waals surface area contributed by atoms with E-state index < -0.39 is 10.0 Å². The van der Waals surface area contributed by atoms with Crippen molar-refractivity contribution >= 4 is 10.0 Å². The van der Waals surface area contributed by atoms with Crippen LogP contribution in [0.1, 0.15) is 31.2 Å². The van der Waals surface area contributed by atoms with Crippen molar-refractivity contribution in [3.05, 3.63) is 66.0 Å². The zero-order valence-electron chi connectivity index (χ0n) is 15.3. The Morgan fingerprint density at radius 3 is 2.26 bits per heavy atom. The Morgan fingerprint density at radius 1 is 1.00 bits per heavy atom. The SMILES string of the molecule is O=S(=O)(NC1CCC12CCN(Cc1ccc(F)cc1)CC2)c1ccccc1. The summed E-state index contributed by atoms with van der Waals surface area (Å²) in [5, 5.41) is 0. The van der Waals surface area contributed by atoms with Crippen LogP contribution < -0.4 is 4.72 Å². The van der Waals surface area contributed by atoms with Gasteiger partial charge in [-0.05, 0) is 74.0 Å². The molecule has 1 heterocycles. The second-order valence-electron chi connectivity index (χ2n) is 7.79. The van der Waals surface area contributed by atoms with Crippen molar-refractivity contribution in [2.45, 2.75) is 43.2 Å². The normalized spacial score (nSPS) is 22.5. The van der Waals surface area contributed by atoms with Gasteiger partial charge in [-0.1, -0.05) is 30.3 Å². The molecule has 1 N–H and O–H groups in total. The minimum absolute atomic E-state index is 0.0238. The van der Waals surface area contributed by atoms with Gasteiger partial charge < -0.3 is 0 Å². The average Bonchev–Trinajstić information content (AvgIpc) is 2.69. The summed E-state index contributed by atoms with van der Waals surface area (Å²) in [7, 11) is -3.46. The van der Waals surface area contributed by atoms with E-state index in [4.69, 9.17) is 0 Å². The average molecular weight is 389 g/mol. The fraction of sp³-hybridized carbons (Fsp3) is 0.429. The predicted octanol–water partition coefficient (Wildman–Crippen LogP) is 3.55. The van der Waals surface area contributed by atoms with Crippen LogP contribution in [0.3, 0.4) is 0 Å². The molecule has 1 aliphatic carbocycles. The Labute approximate surface area is 160 Å². The fourth-order valence-electron chi connectivity index (χ4n) is 4.34. The van der Waals surface area contributed by atoms with Crippen molar-refractivity contribution in [2.75, 3.05) is 13.1 Å². The molecule has 2 aromatic carbocycles. The van der Waals surface area contributed by atoms with Crippen LogP contribution in [-0.4, -0.2) is 32.4 Å². The minimum Gasteiger partial charge on any atom is -0.299 e. The molecule has 6 heteroatoms. The van der Waals surface area contributed by atoms with Crippen LogP contribution >= 0.6 is 0 Å². The lowest BCUT2D eigenvalue weighted by Gasteiger charge is -2.54. The number of benzene rings is 2. The van der Waals surface area contributed by atoms with E-state index in [1.165, 1.54) is 12.1 Å². The lowest BCUT2D eigenvalue weighted by atomic mass is 9.59. The summed E-state index contributed by atoms with van der Waals surface area (Å²) in [5.74, 6) is -0.209. The van der Waals surface area contributed by atoms with Crippen molar-refractivity contribution in [2.24, 2.45) is 5.41 Å². The first kappa shape index (κ1) is 18.6. The molecule has 0 amide bonds. The van der Waals surface area contributed by atoms with E-state index in [2.05, 4.69) is 9.62 Å². The molecular weight excluding hydrogens is 363 g/mol. The lowest BCUT2D eigenvalue weighted by Crippen LogP contribution is -2.58. The highest BCUT2D eigenvalue weighted by Crippen LogP contribution is 2.49. The van der Waals surface area contributed by atoms with Crippen molar-refractivity contribution in [1.29, 1.82) is 0 Å². The maximum Gasteiger partial charge on any atom is 0.240 e. The molecule has 0 aromatic heterocycles. The molecule has 0 bridgehead atoms. The molecule has 1 aliphatic heterocycles. The van der Waals surface area contributed by atoms with Gasteiger partial charge in [0.05, 0.1) is 4.90 Å². The van der Waals surface area contributed by atoms with Crippen molar-refractivity contribution in [3.8, 4) is 0 Å². The Kier molecular flexibility index (Phi) is 5.05. The number of hydrogen-bond acceptors (Lipinski definition) is 3. The number of hydrogen-bond donors (Lipinski definition) is 1. The summed E-state index contributed by atoms with van der Waals surface area (Å²) in [6, 6.07) is 15.3. The molecule has 1 saturated heterocycles. The Hall–Kier alpha value is -1.76. The monoisotopic (exact) mass is 388 g/mol. The Balaban J connectivity index is 1.36. The summed E-state index contributed by atoms with van der Waals surface area (Å²) >= 11 is 0. The number of likely N-dealkylation sites (tertiary alicyclic amines) is 1. The van der Waals surface area contributed by atoms with E-state index in [-0.39, 0.29) is 17.3 Å². The number of halogens is 1. The van der Waals surface area contributed by atoms with Crippen LogP contribution in [0.5, 0.6) is 0 Å². The van der Waals surface area contributed by atoms with E-state index in [1.54, 1.807) is 24.3 Å². The molecular formula is C21H25FN2O2S. The van der Waals surface area contributed by atoms with E-state index in [9.17, 15) is 12.8 Å². The lowest BCUT2D eigenvalue weighted by molar-refractivity contribution is 0.000700. The molecule has 2 fully saturated rings. The van der Waals surface area contributed by atoms with Crippen LogP contribution in [0.4, 0.5) is 4.39 Å². The van der Waals surface area contributed by atoms with Gasteiger partial charge in [0, 0.05) is 12.6 Å². The number of nitrogens with zero attached hydrogens (tertiary/aromatic N) is 1. The van der Waals surface area contributed by atoms with Gasteiger partial charge in [-0.3, -0.25) is 4.90 Å². The summed E-state index contributed by atoms with van der Waals surface area (Å²) in [6.07, 6.45) is 3.98. The first-order valence-electron chi connectivity index (χ1n) is 9.51. The molecule has 2 aliphatic rings. The van der Waals surface area contributed by atoms with Gasteiger partial charge >= 0.3 is 0 Å². The van der Waals surface area contributed by atoms with Crippen LogP contribution in [0, 0.1) is 11.2 Å². The standard InChI is InChI=1S/C21H25FN2O2S/c22-18-8-6-17(7-9-18)16-24-14-12-21(13-15-24)11-10-20(21)23-27(25,26)19-4-2-1-3-5-19/h1-9,20,23H,10-16H2. The van der Waals surface area contributed by atoms with Gasteiger partial charge in [0.2, 0.25) is 10.0 Å². The first-order valence-corrected chi connectivity index (χ1v) is 11.0. The van der Waals surface area contributed by atoms with Gasteiger partial charge in [0.25, 0.3) is 0 Å². The van der Waals surface area contributed by atoms with E-state index in [0.717, 1.165) is 50.9 Å². The van der Waals surface area contributed by atoms with Gasteiger partial charge in [0.15, 0.2) is 0 Å². The molecule has 1 atom stereocenters. The molecule has 2 aromatic rings. The van der Waals surface area contributed by atoms with E-state index in [0.29, 0.717) is 4.90 Å². The summed E-state index contributed by atoms with van der Waals surface area (Å²) in [6.45, 7) is 2.71. The van der Waals surface area contributed by atoms with Crippen molar-refractivity contribution in [1.82, 2.24) is 9.62 Å². The van der Waals surface area contributed by atoms with E-state index >= 15 is 0 Å². The zero-order chi connectivity index (χ0) is 18.9. The molecule has 0 radical (unpaired) electrons. The van der Waals surface area contributed by atoms with Crippen LogP contribution in [0.2, 0.25) is 0 Å². The second kappa shape index (κ2) is 7.34. The maximum atomic E-state index is 13.1. The molecule has 4 nitrogen and oxygen atoms in total. The zero-order valence-corrected chi connectivity index (χ0v) is 16.1. The topological polar surface area (TPSA) is 49.4 Å². The third-order valence-corrected chi connectivity index (χ3v) is 7.68. The smallest absolute Gasteiger partial charge is 0.240 e. The molecule has 144 valence electrons. The van der Waals surface area contributed by atoms with E-state index in [1.807, 2.05) is 18.2 Å². The summed E-state index contributed by atoms with van der Waals surface area (Å²) < 4.78 is 41.3. The number of piperidine rings is 1. The fourth-order valence-corrected chi connectivity index (χ4v) is 5.73. The third kappa shape index (κ3) is 3.93. The Morgan fingerprint density at radius 2 is 1.67 bits per heavy atom.